The fourth-order valence-corrected chi connectivity index (χ4v) is 3.89. The van der Waals surface area contributed by atoms with Crippen LogP contribution in [0.1, 0.15) is 24.0 Å². The first-order chi connectivity index (χ1) is 9.42. The number of hydrogen-bond donors (Lipinski definition) is 2. The van der Waals surface area contributed by atoms with E-state index < -0.39 is 10.0 Å². The van der Waals surface area contributed by atoms with Crippen LogP contribution in [0.15, 0.2) is 21.5 Å². The number of aliphatic hydroxyl groups is 1. The van der Waals surface area contributed by atoms with Crippen LogP contribution in [0.25, 0.3) is 0 Å². The van der Waals surface area contributed by atoms with E-state index in [0.29, 0.717) is 29.6 Å². The van der Waals surface area contributed by atoms with Gasteiger partial charge in [-0.05, 0) is 52.9 Å². The molecule has 1 rings (SSSR count). The molecule has 1 aromatic rings. The summed E-state index contributed by atoms with van der Waals surface area (Å²) in [5, 5.41) is 9.17. The van der Waals surface area contributed by atoms with Gasteiger partial charge in [0.1, 0.15) is 0 Å². The summed E-state index contributed by atoms with van der Waals surface area (Å²) in [5.74, 6) is 0. The van der Waals surface area contributed by atoms with Crippen LogP contribution in [0.5, 0.6) is 0 Å². The van der Waals surface area contributed by atoms with E-state index in [1.54, 1.807) is 20.1 Å². The Hall–Kier alpha value is -0.470. The molecule has 0 spiro atoms. The van der Waals surface area contributed by atoms with E-state index in [0.717, 1.165) is 12.0 Å². The number of hydrogen-bond acceptors (Lipinski definition) is 4. The maximum atomic E-state index is 12.3. The Labute approximate surface area is 128 Å². The molecule has 0 unspecified atom stereocenters. The predicted molar refractivity (Wildman–Crippen MR) is 81.1 cm³/mol. The third kappa shape index (κ3) is 4.82. The molecule has 0 aromatic heterocycles. The molecule has 0 bridgehead atoms. The highest BCUT2D eigenvalue weighted by Crippen LogP contribution is 2.27. The lowest BCUT2D eigenvalue weighted by atomic mass is 10.1. The fraction of sp³-hybridized carbons (Fsp3) is 0.538. The third-order valence-corrected chi connectivity index (χ3v) is 5.62. The number of benzene rings is 1. The predicted octanol–water partition coefficient (Wildman–Crippen LogP) is 1.95. The molecule has 114 valence electrons. The Kier molecular flexibility index (Phi) is 7.11. The first-order valence-electron chi connectivity index (χ1n) is 6.31. The first-order valence-corrected chi connectivity index (χ1v) is 8.58. The fourth-order valence-electron chi connectivity index (χ4n) is 1.75. The molecule has 0 saturated carbocycles. The van der Waals surface area contributed by atoms with Crippen molar-refractivity contribution < 1.29 is 18.3 Å². The molecule has 0 atom stereocenters. The molecule has 2 N–H and O–H groups in total. The Bertz CT molecular complexity index is 546. The van der Waals surface area contributed by atoms with Gasteiger partial charge >= 0.3 is 0 Å². The molecule has 0 fully saturated rings. The molecule has 0 radical (unpaired) electrons. The number of nitrogens with one attached hydrogen (secondary N) is 1. The van der Waals surface area contributed by atoms with Crippen molar-refractivity contribution in [2.24, 2.45) is 0 Å². The monoisotopic (exact) mass is 365 g/mol. The number of aliphatic hydroxyl groups excluding tert-OH is 1. The summed E-state index contributed by atoms with van der Waals surface area (Å²) in [6, 6.07) is 3.23. The third-order valence-electron chi connectivity index (χ3n) is 2.82. The summed E-state index contributed by atoms with van der Waals surface area (Å²) in [6.45, 7) is 2.58. The summed E-state index contributed by atoms with van der Waals surface area (Å²) in [4.78, 5) is 0.160. The summed E-state index contributed by atoms with van der Waals surface area (Å²) >= 11 is 3.29. The van der Waals surface area contributed by atoms with Crippen molar-refractivity contribution in [2.75, 3.05) is 20.3 Å². The van der Waals surface area contributed by atoms with E-state index in [1.165, 1.54) is 6.07 Å². The number of ether oxygens (including phenoxy) is 1. The molecule has 0 saturated heterocycles. The highest BCUT2D eigenvalue weighted by molar-refractivity contribution is 9.10. The van der Waals surface area contributed by atoms with Gasteiger partial charge in [0.05, 0.1) is 11.5 Å². The van der Waals surface area contributed by atoms with Gasteiger partial charge in [-0.3, -0.25) is 0 Å². The molecule has 20 heavy (non-hydrogen) atoms. The molecule has 0 heterocycles. The van der Waals surface area contributed by atoms with Gasteiger partial charge < -0.3 is 9.84 Å². The summed E-state index contributed by atoms with van der Waals surface area (Å²) in [7, 11) is -1.97. The van der Waals surface area contributed by atoms with Gasteiger partial charge in [-0.25, -0.2) is 13.1 Å². The van der Waals surface area contributed by atoms with Gasteiger partial charge in [0.25, 0.3) is 0 Å². The van der Waals surface area contributed by atoms with Crippen LogP contribution < -0.4 is 4.72 Å². The average Bonchev–Trinajstić information content (AvgIpc) is 2.41. The highest BCUT2D eigenvalue weighted by atomic mass is 79.9. The van der Waals surface area contributed by atoms with E-state index in [2.05, 4.69) is 20.7 Å². The Balaban J connectivity index is 2.84. The van der Waals surface area contributed by atoms with Crippen molar-refractivity contribution in [3.05, 3.63) is 27.7 Å². The van der Waals surface area contributed by atoms with Gasteiger partial charge in [0, 0.05) is 24.7 Å². The lowest BCUT2D eigenvalue weighted by Crippen LogP contribution is -2.25. The standard InChI is InChI=1S/C13H20BrNO4S/c1-10-7-11(9-16)8-12(13(10)14)20(17,18)15-5-3-4-6-19-2/h7-8,15-16H,3-6,9H2,1-2H3. The van der Waals surface area contributed by atoms with Gasteiger partial charge in [0.15, 0.2) is 0 Å². The van der Waals surface area contributed by atoms with Crippen LogP contribution in [0, 0.1) is 6.92 Å². The highest BCUT2D eigenvalue weighted by Gasteiger charge is 2.19. The second-order valence-corrected chi connectivity index (χ2v) is 7.01. The SMILES string of the molecule is COCCCCNS(=O)(=O)c1cc(CO)cc(C)c1Br. The Morgan fingerprint density at radius 2 is 2.05 bits per heavy atom. The van der Waals surface area contributed by atoms with Crippen LogP contribution in [-0.4, -0.2) is 33.8 Å². The molecular formula is C13H20BrNO4S. The average molecular weight is 366 g/mol. The minimum Gasteiger partial charge on any atom is -0.392 e. The van der Waals surface area contributed by atoms with Crippen LogP contribution in [0.2, 0.25) is 0 Å². The molecule has 7 heteroatoms. The summed E-state index contributed by atoms with van der Waals surface area (Å²) in [6.07, 6.45) is 1.51. The van der Waals surface area contributed by atoms with Crippen LogP contribution >= 0.6 is 15.9 Å². The van der Waals surface area contributed by atoms with Crippen LogP contribution in [-0.2, 0) is 21.4 Å². The van der Waals surface area contributed by atoms with E-state index >= 15 is 0 Å². The number of unbranched alkanes of at least 4 members (excludes halogenated alkanes) is 1. The smallest absolute Gasteiger partial charge is 0.241 e. The largest absolute Gasteiger partial charge is 0.392 e. The Morgan fingerprint density at radius 1 is 1.35 bits per heavy atom. The van der Waals surface area contributed by atoms with E-state index in [1.807, 2.05) is 0 Å². The molecular weight excluding hydrogens is 346 g/mol. The van der Waals surface area contributed by atoms with E-state index in [-0.39, 0.29) is 11.5 Å². The zero-order valence-corrected chi connectivity index (χ0v) is 14.1. The van der Waals surface area contributed by atoms with Gasteiger partial charge in [-0.15, -0.1) is 0 Å². The van der Waals surface area contributed by atoms with Crippen LogP contribution in [0.4, 0.5) is 0 Å². The molecule has 0 aliphatic heterocycles. The quantitative estimate of drug-likeness (QED) is 0.690. The number of halogens is 1. The lowest BCUT2D eigenvalue weighted by Gasteiger charge is -2.12. The number of rotatable bonds is 8. The number of sulfonamides is 1. The second-order valence-electron chi connectivity index (χ2n) is 4.48. The summed E-state index contributed by atoms with van der Waals surface area (Å²) in [5.41, 5.74) is 1.35. The minimum absolute atomic E-state index is 0.160. The molecule has 0 aliphatic carbocycles. The van der Waals surface area contributed by atoms with Gasteiger partial charge in [-0.2, -0.15) is 0 Å². The molecule has 5 nitrogen and oxygen atoms in total. The first kappa shape index (κ1) is 17.6. The second kappa shape index (κ2) is 8.09. The summed E-state index contributed by atoms with van der Waals surface area (Å²) < 4.78 is 32.5. The van der Waals surface area contributed by atoms with Crippen molar-refractivity contribution in [1.82, 2.24) is 4.72 Å². The van der Waals surface area contributed by atoms with Gasteiger partial charge in [-0.1, -0.05) is 6.07 Å². The number of aryl methyl sites for hydroxylation is 1. The number of methoxy groups -OCH3 is 1. The van der Waals surface area contributed by atoms with Crippen LogP contribution in [0.3, 0.4) is 0 Å². The van der Waals surface area contributed by atoms with Gasteiger partial charge in [0.2, 0.25) is 10.0 Å². The maximum absolute atomic E-state index is 12.3. The lowest BCUT2D eigenvalue weighted by molar-refractivity contribution is 0.193. The van der Waals surface area contributed by atoms with E-state index in [9.17, 15) is 13.5 Å². The normalized spacial score (nSPS) is 11.8. The Morgan fingerprint density at radius 3 is 2.65 bits per heavy atom. The molecule has 0 aliphatic rings. The van der Waals surface area contributed by atoms with Crippen molar-refractivity contribution in [3.63, 3.8) is 0 Å². The minimum atomic E-state index is -3.58. The molecule has 1 aromatic carbocycles. The topological polar surface area (TPSA) is 75.6 Å². The van der Waals surface area contributed by atoms with Crippen molar-refractivity contribution in [1.29, 1.82) is 0 Å². The maximum Gasteiger partial charge on any atom is 0.241 e. The van der Waals surface area contributed by atoms with Crippen molar-refractivity contribution in [3.8, 4) is 0 Å². The van der Waals surface area contributed by atoms with Crippen molar-refractivity contribution >= 4 is 26.0 Å². The van der Waals surface area contributed by atoms with E-state index in [4.69, 9.17) is 4.74 Å². The zero-order chi connectivity index (χ0) is 15.2. The van der Waals surface area contributed by atoms with Crippen molar-refractivity contribution in [2.45, 2.75) is 31.3 Å². The zero-order valence-electron chi connectivity index (χ0n) is 11.6. The molecule has 0 amide bonds.